The molecule has 0 aliphatic heterocycles. The van der Waals surface area contributed by atoms with Gasteiger partial charge >= 0.3 is 0 Å². The summed E-state index contributed by atoms with van der Waals surface area (Å²) in [5, 5.41) is 0.980. The molecule has 96 valence electrons. The molecule has 0 amide bonds. The first kappa shape index (κ1) is 11.7. The van der Waals surface area contributed by atoms with E-state index in [0.29, 0.717) is 6.54 Å². The number of aromatic nitrogens is 2. The molecule has 0 spiro atoms. The summed E-state index contributed by atoms with van der Waals surface area (Å²) in [5.74, 6) is 1.62. The van der Waals surface area contributed by atoms with E-state index < -0.39 is 0 Å². The quantitative estimate of drug-likeness (QED) is 0.751. The van der Waals surface area contributed by atoms with Crippen molar-refractivity contribution in [3.63, 3.8) is 0 Å². The minimum Gasteiger partial charge on any atom is -0.457 e. The first-order valence-corrected chi connectivity index (χ1v) is 6.26. The van der Waals surface area contributed by atoms with Crippen LogP contribution >= 0.6 is 0 Å². The van der Waals surface area contributed by atoms with Crippen molar-refractivity contribution < 1.29 is 4.74 Å². The van der Waals surface area contributed by atoms with Crippen molar-refractivity contribution in [2.45, 2.75) is 6.42 Å². The van der Waals surface area contributed by atoms with Crippen molar-refractivity contribution in [3.8, 4) is 11.5 Å². The first-order valence-electron chi connectivity index (χ1n) is 6.26. The van der Waals surface area contributed by atoms with Crippen LogP contribution in [-0.2, 0) is 6.42 Å². The number of nitrogens with zero attached hydrogens (tertiary/aromatic N) is 1. The van der Waals surface area contributed by atoms with Crippen molar-refractivity contribution >= 4 is 11.0 Å². The highest BCUT2D eigenvalue weighted by atomic mass is 16.5. The zero-order valence-corrected chi connectivity index (χ0v) is 10.5. The van der Waals surface area contributed by atoms with Gasteiger partial charge in [-0.2, -0.15) is 0 Å². The summed E-state index contributed by atoms with van der Waals surface area (Å²) in [5.41, 5.74) is 7.58. The van der Waals surface area contributed by atoms with Crippen LogP contribution in [-0.4, -0.2) is 16.5 Å². The Bertz CT molecular complexity index is 673. The molecule has 1 aromatic carbocycles. The van der Waals surface area contributed by atoms with Crippen LogP contribution in [0.1, 0.15) is 5.56 Å². The molecule has 0 bridgehead atoms. The van der Waals surface area contributed by atoms with E-state index in [4.69, 9.17) is 10.5 Å². The Labute approximate surface area is 111 Å². The van der Waals surface area contributed by atoms with Gasteiger partial charge in [-0.1, -0.05) is 12.1 Å². The van der Waals surface area contributed by atoms with Gasteiger partial charge in [0.15, 0.2) is 0 Å². The lowest BCUT2D eigenvalue weighted by molar-refractivity contribution is 0.487. The zero-order chi connectivity index (χ0) is 13.1. The molecule has 0 aliphatic carbocycles. The Morgan fingerprint density at radius 2 is 1.95 bits per heavy atom. The number of ether oxygens (including phenoxy) is 1. The van der Waals surface area contributed by atoms with Crippen LogP contribution in [0.2, 0.25) is 0 Å². The summed E-state index contributed by atoms with van der Waals surface area (Å²) in [4.78, 5) is 7.30. The lowest BCUT2D eigenvalue weighted by Gasteiger charge is -2.07. The second-order valence-corrected chi connectivity index (χ2v) is 4.33. The van der Waals surface area contributed by atoms with Crippen LogP contribution in [0.3, 0.4) is 0 Å². The number of nitrogens with two attached hydrogens (primary N) is 1. The van der Waals surface area contributed by atoms with Gasteiger partial charge < -0.3 is 15.5 Å². The second kappa shape index (κ2) is 5.12. The summed E-state index contributed by atoms with van der Waals surface area (Å²) in [7, 11) is 0. The van der Waals surface area contributed by atoms with E-state index >= 15 is 0 Å². The molecule has 0 radical (unpaired) electrons. The van der Waals surface area contributed by atoms with E-state index in [1.807, 2.05) is 42.6 Å². The van der Waals surface area contributed by atoms with Gasteiger partial charge in [0.05, 0.1) is 5.39 Å². The molecule has 0 saturated carbocycles. The van der Waals surface area contributed by atoms with Crippen molar-refractivity contribution in [2.24, 2.45) is 5.73 Å². The van der Waals surface area contributed by atoms with Gasteiger partial charge in [0.2, 0.25) is 0 Å². The van der Waals surface area contributed by atoms with Crippen molar-refractivity contribution in [3.05, 3.63) is 54.4 Å². The van der Waals surface area contributed by atoms with Gasteiger partial charge in [-0.15, -0.1) is 0 Å². The number of benzene rings is 1. The van der Waals surface area contributed by atoms with Crippen molar-refractivity contribution in [2.75, 3.05) is 6.54 Å². The second-order valence-electron chi connectivity index (χ2n) is 4.33. The number of hydrogen-bond donors (Lipinski definition) is 2. The molecule has 3 rings (SSSR count). The molecule has 0 aliphatic rings. The van der Waals surface area contributed by atoms with Gasteiger partial charge in [0.25, 0.3) is 0 Å². The molecule has 4 nitrogen and oxygen atoms in total. The monoisotopic (exact) mass is 253 g/mol. The average molecular weight is 253 g/mol. The Hall–Kier alpha value is -2.33. The lowest BCUT2D eigenvalue weighted by atomic mass is 10.1. The maximum Gasteiger partial charge on any atom is 0.140 e. The van der Waals surface area contributed by atoms with Crippen LogP contribution in [0.5, 0.6) is 11.5 Å². The van der Waals surface area contributed by atoms with E-state index in [1.165, 1.54) is 5.56 Å². The fraction of sp³-hybridized carbons (Fsp3) is 0.133. The minimum atomic E-state index is 0.661. The molecule has 0 unspecified atom stereocenters. The van der Waals surface area contributed by atoms with Crippen LogP contribution in [0.15, 0.2) is 48.8 Å². The highest BCUT2D eigenvalue weighted by molar-refractivity contribution is 5.82. The molecular formula is C15H15N3O. The van der Waals surface area contributed by atoms with Gasteiger partial charge in [-0.05, 0) is 42.8 Å². The fourth-order valence-electron chi connectivity index (χ4n) is 2.04. The van der Waals surface area contributed by atoms with Crippen LogP contribution in [0.25, 0.3) is 11.0 Å². The van der Waals surface area contributed by atoms with Crippen molar-refractivity contribution in [1.29, 1.82) is 0 Å². The summed E-state index contributed by atoms with van der Waals surface area (Å²) >= 11 is 0. The topological polar surface area (TPSA) is 63.9 Å². The maximum atomic E-state index is 5.89. The Morgan fingerprint density at radius 3 is 2.74 bits per heavy atom. The number of fused-ring (bicyclic) bond motifs is 1. The van der Waals surface area contributed by atoms with Crippen LogP contribution in [0.4, 0.5) is 0 Å². The van der Waals surface area contributed by atoms with E-state index in [1.54, 1.807) is 6.20 Å². The molecule has 2 aromatic heterocycles. The third-order valence-corrected chi connectivity index (χ3v) is 3.00. The lowest BCUT2D eigenvalue weighted by Crippen LogP contribution is -2.02. The smallest absolute Gasteiger partial charge is 0.140 e. The third-order valence-electron chi connectivity index (χ3n) is 3.00. The zero-order valence-electron chi connectivity index (χ0n) is 10.5. The Kier molecular flexibility index (Phi) is 3.16. The Morgan fingerprint density at radius 1 is 1.11 bits per heavy atom. The third kappa shape index (κ3) is 2.44. The van der Waals surface area contributed by atoms with Gasteiger partial charge in [-0.25, -0.2) is 4.98 Å². The molecule has 3 N–H and O–H groups in total. The first-order chi connectivity index (χ1) is 9.36. The summed E-state index contributed by atoms with van der Waals surface area (Å²) in [6.07, 6.45) is 4.48. The molecular weight excluding hydrogens is 238 g/mol. The molecule has 2 heterocycles. The SMILES string of the molecule is NCCc1ccc(Oc2ccnc3[nH]ccc23)cc1. The molecule has 0 fully saturated rings. The summed E-state index contributed by atoms with van der Waals surface area (Å²) in [6.45, 7) is 0.661. The van der Waals surface area contributed by atoms with E-state index in [-0.39, 0.29) is 0 Å². The fourth-order valence-corrected chi connectivity index (χ4v) is 2.04. The Balaban J connectivity index is 1.86. The number of nitrogens with one attached hydrogen (secondary N) is 1. The normalized spacial score (nSPS) is 10.8. The number of pyridine rings is 1. The largest absolute Gasteiger partial charge is 0.457 e. The van der Waals surface area contributed by atoms with Crippen LogP contribution < -0.4 is 10.5 Å². The number of H-pyrrole nitrogens is 1. The molecule has 0 saturated heterocycles. The predicted molar refractivity (Wildman–Crippen MR) is 75.4 cm³/mol. The molecule has 3 aromatic rings. The molecule has 19 heavy (non-hydrogen) atoms. The number of hydrogen-bond acceptors (Lipinski definition) is 3. The summed E-state index contributed by atoms with van der Waals surface area (Å²) < 4.78 is 5.89. The standard InChI is InChI=1S/C15H15N3O/c16-8-5-11-1-3-12(4-2-11)19-14-7-10-18-15-13(14)6-9-17-15/h1-4,6-7,9-10H,5,8,16H2,(H,17,18). The van der Waals surface area contributed by atoms with Gasteiger partial charge in [0, 0.05) is 12.4 Å². The van der Waals surface area contributed by atoms with E-state index in [2.05, 4.69) is 9.97 Å². The number of aromatic amines is 1. The highest BCUT2D eigenvalue weighted by Crippen LogP contribution is 2.28. The van der Waals surface area contributed by atoms with Gasteiger partial charge in [-0.3, -0.25) is 0 Å². The average Bonchev–Trinajstić information content (AvgIpc) is 2.91. The number of rotatable bonds is 4. The molecule has 4 heteroatoms. The van der Waals surface area contributed by atoms with Gasteiger partial charge in [0.1, 0.15) is 17.1 Å². The van der Waals surface area contributed by atoms with Crippen LogP contribution in [0, 0.1) is 0 Å². The predicted octanol–water partition coefficient (Wildman–Crippen LogP) is 2.86. The highest BCUT2D eigenvalue weighted by Gasteiger charge is 2.04. The maximum absolute atomic E-state index is 5.89. The van der Waals surface area contributed by atoms with E-state index in [0.717, 1.165) is 29.0 Å². The van der Waals surface area contributed by atoms with Crippen molar-refractivity contribution in [1.82, 2.24) is 9.97 Å². The summed E-state index contributed by atoms with van der Waals surface area (Å²) in [6, 6.07) is 11.8. The van der Waals surface area contributed by atoms with E-state index in [9.17, 15) is 0 Å². The minimum absolute atomic E-state index is 0.661. The molecule has 0 atom stereocenters.